The molecule has 0 radical (unpaired) electrons. The van der Waals surface area contributed by atoms with Crippen molar-refractivity contribution in [2.24, 2.45) is 0 Å². The molecular weight excluding hydrogens is 290 g/mol. The summed E-state index contributed by atoms with van der Waals surface area (Å²) in [5, 5.41) is 7.15. The predicted molar refractivity (Wildman–Crippen MR) is 80.4 cm³/mol. The van der Waals surface area contributed by atoms with Gasteiger partial charge in [0.25, 0.3) is 5.91 Å². The summed E-state index contributed by atoms with van der Waals surface area (Å²) in [5.41, 5.74) is 0.917. The summed E-state index contributed by atoms with van der Waals surface area (Å²) in [5.74, 6) is 0.418. The molecule has 2 aromatic rings. The molecule has 1 aromatic heterocycles. The van der Waals surface area contributed by atoms with Crippen LogP contribution in [-0.4, -0.2) is 29.1 Å². The van der Waals surface area contributed by atoms with Gasteiger partial charge in [-0.05, 0) is 44.1 Å². The molecule has 0 unspecified atom stereocenters. The van der Waals surface area contributed by atoms with E-state index < -0.39 is 0 Å². The molecule has 1 aromatic carbocycles. The quantitative estimate of drug-likeness (QED) is 0.942. The van der Waals surface area contributed by atoms with Crippen LogP contribution in [0.25, 0.3) is 0 Å². The van der Waals surface area contributed by atoms with Crippen LogP contribution >= 0.6 is 11.6 Å². The van der Waals surface area contributed by atoms with Gasteiger partial charge < -0.3 is 9.84 Å². The smallest absolute Gasteiger partial charge is 0.277 e. The van der Waals surface area contributed by atoms with Gasteiger partial charge in [0.2, 0.25) is 0 Å². The van der Waals surface area contributed by atoms with Crippen molar-refractivity contribution < 1.29 is 9.32 Å². The number of nitrogens with one attached hydrogen (secondary N) is 1. The maximum absolute atomic E-state index is 12.1. The molecule has 1 N–H and O–H groups in total. The maximum atomic E-state index is 12.1. The fraction of sp³-hybridized carbons (Fsp3) is 0.333. The first kappa shape index (κ1) is 14.1. The van der Waals surface area contributed by atoms with E-state index in [1.165, 1.54) is 12.8 Å². The van der Waals surface area contributed by atoms with E-state index in [-0.39, 0.29) is 11.6 Å². The van der Waals surface area contributed by atoms with Gasteiger partial charge in [0.15, 0.2) is 11.5 Å². The highest BCUT2D eigenvalue weighted by Crippen LogP contribution is 2.17. The molecule has 0 bridgehead atoms. The Morgan fingerprint density at radius 2 is 2.14 bits per heavy atom. The van der Waals surface area contributed by atoms with E-state index >= 15 is 0 Å². The van der Waals surface area contributed by atoms with Crippen molar-refractivity contribution in [2.75, 3.05) is 18.4 Å². The summed E-state index contributed by atoms with van der Waals surface area (Å²) < 4.78 is 5.23. The highest BCUT2D eigenvalue weighted by molar-refractivity contribution is 6.30. The van der Waals surface area contributed by atoms with Gasteiger partial charge in [-0.2, -0.15) is 0 Å². The number of nitrogens with zero attached hydrogens (tertiary/aromatic N) is 2. The lowest BCUT2D eigenvalue weighted by Gasteiger charge is -2.10. The number of hydrogen-bond acceptors (Lipinski definition) is 4. The number of carbonyl (C=O) groups is 1. The molecule has 6 heteroatoms. The van der Waals surface area contributed by atoms with Crippen molar-refractivity contribution in [3.8, 4) is 0 Å². The number of aromatic nitrogens is 1. The zero-order valence-corrected chi connectivity index (χ0v) is 12.3. The molecule has 0 atom stereocenters. The number of rotatable bonds is 4. The van der Waals surface area contributed by atoms with E-state index in [1.54, 1.807) is 30.3 Å². The average Bonchev–Trinajstić information content (AvgIpc) is 3.11. The van der Waals surface area contributed by atoms with Gasteiger partial charge >= 0.3 is 0 Å². The summed E-state index contributed by atoms with van der Waals surface area (Å²) >= 11 is 5.88. The van der Waals surface area contributed by atoms with Gasteiger partial charge in [0.1, 0.15) is 0 Å². The van der Waals surface area contributed by atoms with E-state index in [9.17, 15) is 4.79 Å². The SMILES string of the molecule is O=C(Nc1cccc(Cl)c1)c1cc(CN2CCCC2)on1. The minimum absolute atomic E-state index is 0.282. The Morgan fingerprint density at radius 3 is 2.90 bits per heavy atom. The van der Waals surface area contributed by atoms with Crippen molar-refractivity contribution in [3.63, 3.8) is 0 Å². The number of amides is 1. The number of halogens is 1. The Kier molecular flexibility index (Phi) is 4.22. The van der Waals surface area contributed by atoms with Crippen molar-refractivity contribution in [3.05, 3.63) is 46.8 Å². The Bertz CT molecular complexity index is 635. The van der Waals surface area contributed by atoms with Gasteiger partial charge in [0, 0.05) is 16.8 Å². The topological polar surface area (TPSA) is 58.4 Å². The Labute approximate surface area is 127 Å². The molecule has 110 valence electrons. The Hall–Kier alpha value is -1.85. The largest absolute Gasteiger partial charge is 0.359 e. The van der Waals surface area contributed by atoms with Crippen LogP contribution in [0.3, 0.4) is 0 Å². The van der Waals surface area contributed by atoms with Crippen molar-refractivity contribution in [1.29, 1.82) is 0 Å². The Morgan fingerprint density at radius 1 is 1.33 bits per heavy atom. The minimum atomic E-state index is -0.298. The maximum Gasteiger partial charge on any atom is 0.277 e. The van der Waals surface area contributed by atoms with Crippen LogP contribution in [0, 0.1) is 0 Å². The molecule has 1 saturated heterocycles. The fourth-order valence-corrected chi connectivity index (χ4v) is 2.61. The van der Waals surface area contributed by atoms with Crippen molar-refractivity contribution >= 4 is 23.2 Å². The van der Waals surface area contributed by atoms with Crippen LogP contribution in [0.4, 0.5) is 5.69 Å². The summed E-state index contributed by atoms with van der Waals surface area (Å²) in [4.78, 5) is 14.4. The van der Waals surface area contributed by atoms with Gasteiger partial charge in [-0.3, -0.25) is 9.69 Å². The summed E-state index contributed by atoms with van der Waals surface area (Å²) in [6, 6.07) is 8.68. The number of anilines is 1. The number of hydrogen-bond donors (Lipinski definition) is 1. The third-order valence-electron chi connectivity index (χ3n) is 3.45. The Balaban J connectivity index is 1.63. The molecule has 1 fully saturated rings. The van der Waals surface area contributed by atoms with E-state index in [0.717, 1.165) is 13.1 Å². The summed E-state index contributed by atoms with van der Waals surface area (Å²) in [6.45, 7) is 2.85. The second-order valence-corrected chi connectivity index (χ2v) is 5.56. The molecule has 1 aliphatic rings. The second kappa shape index (κ2) is 6.28. The van der Waals surface area contributed by atoms with Crippen LogP contribution in [0.1, 0.15) is 29.1 Å². The highest BCUT2D eigenvalue weighted by atomic mass is 35.5. The zero-order chi connectivity index (χ0) is 14.7. The third-order valence-corrected chi connectivity index (χ3v) is 3.69. The molecule has 0 aliphatic carbocycles. The standard InChI is InChI=1S/C15H16ClN3O2/c16-11-4-3-5-12(8-11)17-15(20)14-9-13(21-18-14)10-19-6-1-2-7-19/h3-5,8-9H,1-2,6-7,10H2,(H,17,20). The lowest BCUT2D eigenvalue weighted by molar-refractivity contribution is 0.101. The normalized spacial score (nSPS) is 15.3. The molecule has 1 aliphatic heterocycles. The first-order chi connectivity index (χ1) is 10.2. The van der Waals surface area contributed by atoms with E-state index in [1.807, 2.05) is 0 Å². The first-order valence-electron chi connectivity index (χ1n) is 6.95. The highest BCUT2D eigenvalue weighted by Gasteiger charge is 2.17. The van der Waals surface area contributed by atoms with Crippen LogP contribution in [0.2, 0.25) is 5.02 Å². The number of likely N-dealkylation sites (tertiary alicyclic amines) is 1. The molecule has 0 saturated carbocycles. The summed E-state index contributed by atoms with van der Waals surface area (Å²) in [7, 11) is 0. The molecule has 0 spiro atoms. The van der Waals surface area contributed by atoms with Crippen molar-refractivity contribution in [2.45, 2.75) is 19.4 Å². The predicted octanol–water partition coefficient (Wildman–Crippen LogP) is 3.18. The van der Waals surface area contributed by atoms with Crippen molar-refractivity contribution in [1.82, 2.24) is 10.1 Å². The van der Waals surface area contributed by atoms with Gasteiger partial charge in [0.05, 0.1) is 6.54 Å². The van der Waals surface area contributed by atoms with Gasteiger partial charge in [-0.25, -0.2) is 0 Å². The molecule has 1 amide bonds. The van der Waals surface area contributed by atoms with Gasteiger partial charge in [-0.15, -0.1) is 0 Å². The van der Waals surface area contributed by atoms with Crippen LogP contribution in [0.5, 0.6) is 0 Å². The lowest BCUT2D eigenvalue weighted by Crippen LogP contribution is -2.18. The molecular formula is C15H16ClN3O2. The second-order valence-electron chi connectivity index (χ2n) is 5.13. The minimum Gasteiger partial charge on any atom is -0.359 e. The van der Waals surface area contributed by atoms with Gasteiger partial charge in [-0.1, -0.05) is 22.8 Å². The van der Waals surface area contributed by atoms with Crippen LogP contribution in [-0.2, 0) is 6.54 Å². The molecule has 2 heterocycles. The average molecular weight is 306 g/mol. The lowest BCUT2D eigenvalue weighted by atomic mass is 10.3. The van der Waals surface area contributed by atoms with E-state index in [4.69, 9.17) is 16.1 Å². The molecule has 21 heavy (non-hydrogen) atoms. The third kappa shape index (κ3) is 3.62. The van der Waals surface area contributed by atoms with Crippen LogP contribution in [0.15, 0.2) is 34.9 Å². The summed E-state index contributed by atoms with van der Waals surface area (Å²) in [6.07, 6.45) is 2.44. The number of benzene rings is 1. The van der Waals surface area contributed by atoms with E-state index in [2.05, 4.69) is 15.4 Å². The van der Waals surface area contributed by atoms with Crippen LogP contribution < -0.4 is 5.32 Å². The first-order valence-corrected chi connectivity index (χ1v) is 7.33. The zero-order valence-electron chi connectivity index (χ0n) is 11.5. The fourth-order valence-electron chi connectivity index (χ4n) is 2.42. The van der Waals surface area contributed by atoms with E-state index in [0.29, 0.717) is 23.0 Å². The number of carbonyl (C=O) groups excluding carboxylic acids is 1. The molecule has 5 nitrogen and oxygen atoms in total. The molecule has 3 rings (SSSR count). The monoisotopic (exact) mass is 305 g/mol.